The molecule has 1 fully saturated rings. The van der Waals surface area contributed by atoms with E-state index in [1.165, 1.54) is 12.1 Å². The number of aromatic nitrogens is 4. The van der Waals surface area contributed by atoms with E-state index in [1.807, 2.05) is 61.5 Å². The van der Waals surface area contributed by atoms with Gasteiger partial charge in [0.05, 0.1) is 23.1 Å². The molecule has 0 unspecified atom stereocenters. The number of carbonyl (C=O) groups excluding carboxylic acids is 1. The summed E-state index contributed by atoms with van der Waals surface area (Å²) in [6.07, 6.45) is 5.36. The number of hydrogen-bond acceptors (Lipinski definition) is 5. The third-order valence-electron chi connectivity index (χ3n) is 7.76. The van der Waals surface area contributed by atoms with Gasteiger partial charge in [0.25, 0.3) is 0 Å². The van der Waals surface area contributed by atoms with Gasteiger partial charge in [0.15, 0.2) is 0 Å². The topological polar surface area (TPSA) is 98.9 Å². The van der Waals surface area contributed by atoms with Gasteiger partial charge in [0.1, 0.15) is 23.9 Å². The summed E-state index contributed by atoms with van der Waals surface area (Å²) < 4.78 is 20.5. The molecule has 3 heterocycles. The van der Waals surface area contributed by atoms with Crippen molar-refractivity contribution in [1.82, 2.24) is 25.1 Å². The Morgan fingerprint density at radius 1 is 0.977 bits per heavy atom. The summed E-state index contributed by atoms with van der Waals surface area (Å²) in [6, 6.07) is 20.9. The van der Waals surface area contributed by atoms with E-state index in [4.69, 9.17) is 4.74 Å². The molecule has 1 saturated carbocycles. The highest BCUT2D eigenvalue weighted by molar-refractivity contribution is 6.02. The second kappa shape index (κ2) is 11.0. The number of pyridine rings is 1. The molecule has 216 valence electrons. The van der Waals surface area contributed by atoms with E-state index in [9.17, 15) is 9.18 Å². The van der Waals surface area contributed by atoms with Crippen LogP contribution < -0.4 is 10.1 Å². The highest BCUT2D eigenvalue weighted by atomic mass is 19.1. The summed E-state index contributed by atoms with van der Waals surface area (Å²) in [5.41, 5.74) is 7.62. The van der Waals surface area contributed by atoms with Gasteiger partial charge < -0.3 is 19.9 Å². The van der Waals surface area contributed by atoms with Crippen molar-refractivity contribution in [1.29, 1.82) is 0 Å². The SMILES string of the molecule is CN(C)CCOc1cc(F)cc(-c2cccc3[nH]c(-c4n[nH]c5ccc(-c6cncc(NC(=O)C7CC7)c6)cc45)cc23)c1. The zero-order chi connectivity index (χ0) is 29.5. The molecule has 3 aromatic heterocycles. The fourth-order valence-electron chi connectivity index (χ4n) is 5.34. The van der Waals surface area contributed by atoms with Crippen LogP contribution in [0.5, 0.6) is 5.75 Å². The third-order valence-corrected chi connectivity index (χ3v) is 7.76. The minimum atomic E-state index is -0.346. The molecule has 0 saturated heterocycles. The molecular formula is C34H31FN6O2. The van der Waals surface area contributed by atoms with Crippen LogP contribution in [-0.4, -0.2) is 58.2 Å². The van der Waals surface area contributed by atoms with Crippen LogP contribution in [0.25, 0.3) is 55.4 Å². The fraction of sp³-hybridized carbons (Fsp3) is 0.206. The quantitative estimate of drug-likeness (QED) is 0.175. The predicted molar refractivity (Wildman–Crippen MR) is 167 cm³/mol. The molecule has 6 aromatic rings. The number of rotatable bonds is 9. The first-order valence-corrected chi connectivity index (χ1v) is 14.4. The molecule has 43 heavy (non-hydrogen) atoms. The molecule has 8 nitrogen and oxygen atoms in total. The second-order valence-corrected chi connectivity index (χ2v) is 11.3. The predicted octanol–water partition coefficient (Wildman–Crippen LogP) is 6.87. The van der Waals surface area contributed by atoms with Crippen LogP contribution in [-0.2, 0) is 4.79 Å². The Morgan fingerprint density at radius 2 is 1.86 bits per heavy atom. The number of aromatic amines is 2. The maximum absolute atomic E-state index is 14.7. The van der Waals surface area contributed by atoms with Crippen molar-refractivity contribution in [3.05, 3.63) is 84.9 Å². The van der Waals surface area contributed by atoms with Gasteiger partial charge in [0, 0.05) is 46.6 Å². The Balaban J connectivity index is 1.23. The van der Waals surface area contributed by atoms with E-state index in [0.29, 0.717) is 18.0 Å². The first kappa shape index (κ1) is 26.9. The number of likely N-dealkylation sites (N-methyl/N-ethyl adjacent to an activating group) is 1. The first-order chi connectivity index (χ1) is 20.9. The third kappa shape index (κ3) is 5.59. The van der Waals surface area contributed by atoms with Crippen molar-refractivity contribution < 1.29 is 13.9 Å². The molecular weight excluding hydrogens is 543 g/mol. The Morgan fingerprint density at radius 3 is 2.70 bits per heavy atom. The minimum Gasteiger partial charge on any atom is -0.492 e. The summed E-state index contributed by atoms with van der Waals surface area (Å²) in [7, 11) is 3.94. The Bertz CT molecular complexity index is 1970. The molecule has 1 aliphatic rings. The molecule has 3 N–H and O–H groups in total. The summed E-state index contributed by atoms with van der Waals surface area (Å²) in [6.45, 7) is 1.21. The number of nitrogens with zero attached hydrogens (tertiary/aromatic N) is 3. The van der Waals surface area contributed by atoms with Crippen molar-refractivity contribution in [3.63, 3.8) is 0 Å². The lowest BCUT2D eigenvalue weighted by Gasteiger charge is -2.12. The smallest absolute Gasteiger partial charge is 0.227 e. The van der Waals surface area contributed by atoms with Crippen LogP contribution in [0.2, 0.25) is 0 Å². The molecule has 0 bridgehead atoms. The van der Waals surface area contributed by atoms with Gasteiger partial charge in [-0.2, -0.15) is 5.10 Å². The number of anilines is 1. The van der Waals surface area contributed by atoms with Crippen LogP contribution in [0.4, 0.5) is 10.1 Å². The van der Waals surface area contributed by atoms with Gasteiger partial charge in [-0.15, -0.1) is 0 Å². The summed E-state index contributed by atoms with van der Waals surface area (Å²) in [5, 5.41) is 12.7. The highest BCUT2D eigenvalue weighted by Crippen LogP contribution is 2.37. The molecule has 0 atom stereocenters. The van der Waals surface area contributed by atoms with Gasteiger partial charge in [-0.05, 0) is 86.1 Å². The van der Waals surface area contributed by atoms with Crippen LogP contribution >= 0.6 is 0 Å². The lowest BCUT2D eigenvalue weighted by molar-refractivity contribution is -0.117. The molecule has 1 aliphatic carbocycles. The second-order valence-electron chi connectivity index (χ2n) is 11.3. The summed E-state index contributed by atoms with van der Waals surface area (Å²) in [5.74, 6) is 0.327. The molecule has 0 aliphatic heterocycles. The van der Waals surface area contributed by atoms with Gasteiger partial charge >= 0.3 is 0 Å². The number of benzene rings is 3. The highest BCUT2D eigenvalue weighted by Gasteiger charge is 2.29. The Kier molecular flexibility index (Phi) is 6.87. The lowest BCUT2D eigenvalue weighted by Crippen LogP contribution is -2.19. The number of ether oxygens (including phenoxy) is 1. The molecule has 3 aromatic carbocycles. The largest absolute Gasteiger partial charge is 0.492 e. The van der Waals surface area contributed by atoms with Crippen molar-refractivity contribution in [2.45, 2.75) is 12.8 Å². The maximum atomic E-state index is 14.7. The van der Waals surface area contributed by atoms with Gasteiger partial charge in [-0.1, -0.05) is 18.2 Å². The number of fused-ring (bicyclic) bond motifs is 2. The maximum Gasteiger partial charge on any atom is 0.227 e. The van der Waals surface area contributed by atoms with E-state index in [1.54, 1.807) is 12.4 Å². The van der Waals surface area contributed by atoms with Crippen molar-refractivity contribution >= 4 is 33.4 Å². The van der Waals surface area contributed by atoms with E-state index >= 15 is 0 Å². The normalized spacial score (nSPS) is 13.2. The molecule has 1 amide bonds. The van der Waals surface area contributed by atoms with Crippen LogP contribution in [0.1, 0.15) is 12.8 Å². The molecule has 9 heteroatoms. The summed E-state index contributed by atoms with van der Waals surface area (Å²) >= 11 is 0. The average Bonchev–Trinajstić information content (AvgIpc) is 3.62. The van der Waals surface area contributed by atoms with Crippen molar-refractivity contribution in [2.75, 3.05) is 32.6 Å². The zero-order valence-electron chi connectivity index (χ0n) is 23.9. The minimum absolute atomic E-state index is 0.0519. The molecule has 7 rings (SSSR count). The van der Waals surface area contributed by atoms with E-state index in [0.717, 1.165) is 74.8 Å². The van der Waals surface area contributed by atoms with Crippen LogP contribution in [0.3, 0.4) is 0 Å². The average molecular weight is 575 g/mol. The zero-order valence-corrected chi connectivity index (χ0v) is 23.9. The number of H-pyrrole nitrogens is 2. The Hall–Kier alpha value is -5.02. The number of hydrogen-bond donors (Lipinski definition) is 3. The van der Waals surface area contributed by atoms with Crippen LogP contribution in [0, 0.1) is 11.7 Å². The van der Waals surface area contributed by atoms with Gasteiger partial charge in [0.2, 0.25) is 5.91 Å². The number of halogens is 1. The van der Waals surface area contributed by atoms with Crippen molar-refractivity contribution in [2.24, 2.45) is 5.92 Å². The van der Waals surface area contributed by atoms with Gasteiger partial charge in [-0.3, -0.25) is 14.9 Å². The number of carbonyl (C=O) groups is 1. The van der Waals surface area contributed by atoms with E-state index in [2.05, 4.69) is 37.6 Å². The monoisotopic (exact) mass is 574 g/mol. The number of amides is 1. The first-order valence-electron chi connectivity index (χ1n) is 14.4. The van der Waals surface area contributed by atoms with E-state index < -0.39 is 0 Å². The molecule has 0 spiro atoms. The molecule has 0 radical (unpaired) electrons. The standard InChI is InChI=1S/C34H31FN6O2/c1-41(2)10-11-43-26-14-22(12-24(35)16-26)27-4-3-5-30-28(27)17-32(38-30)33-29-15-21(8-9-31(29)39-40-33)23-13-25(19-36-18-23)37-34(42)20-6-7-20/h3-5,8-9,12-20,38H,6-7,10-11H2,1-2H3,(H,37,42)(H,39,40). The Labute approximate surface area is 247 Å². The van der Waals surface area contributed by atoms with E-state index in [-0.39, 0.29) is 17.6 Å². The fourth-order valence-corrected chi connectivity index (χ4v) is 5.34. The number of nitrogens with one attached hydrogen (secondary N) is 3. The van der Waals surface area contributed by atoms with Crippen LogP contribution in [0.15, 0.2) is 79.1 Å². The van der Waals surface area contributed by atoms with Crippen molar-refractivity contribution in [3.8, 4) is 39.4 Å². The summed E-state index contributed by atoms with van der Waals surface area (Å²) in [4.78, 5) is 22.2. The van der Waals surface area contributed by atoms with Gasteiger partial charge in [-0.25, -0.2) is 4.39 Å². The lowest BCUT2D eigenvalue weighted by atomic mass is 10.0.